The summed E-state index contributed by atoms with van der Waals surface area (Å²) >= 11 is 0. The monoisotopic (exact) mass is 283 g/mol. The van der Waals surface area contributed by atoms with Crippen molar-refractivity contribution >= 4 is 5.91 Å². The molecule has 0 saturated heterocycles. The lowest BCUT2D eigenvalue weighted by Gasteiger charge is -2.31. The standard InChI is InChI=1S/C16H29NO3/c1-15(2)7-5-13(6-8-15)11-14(19)17-16(3,9-10-18)12-20-4/h11,18H,5-10,12H2,1-4H3,(H,17,19). The molecule has 20 heavy (non-hydrogen) atoms. The van der Waals surface area contributed by atoms with E-state index in [2.05, 4.69) is 19.2 Å². The molecule has 1 aliphatic carbocycles. The van der Waals surface area contributed by atoms with Crippen molar-refractivity contribution in [3.63, 3.8) is 0 Å². The fraction of sp³-hybridized carbons (Fsp3) is 0.812. The largest absolute Gasteiger partial charge is 0.396 e. The highest BCUT2D eigenvalue weighted by atomic mass is 16.5. The molecule has 0 bridgehead atoms. The molecule has 0 heterocycles. The van der Waals surface area contributed by atoms with Crippen LogP contribution in [0.15, 0.2) is 11.6 Å². The zero-order chi connectivity index (χ0) is 15.2. The summed E-state index contributed by atoms with van der Waals surface area (Å²) in [6.07, 6.45) is 6.50. The maximum Gasteiger partial charge on any atom is 0.244 e. The van der Waals surface area contributed by atoms with Gasteiger partial charge in [-0.25, -0.2) is 0 Å². The van der Waals surface area contributed by atoms with Gasteiger partial charge in [0.25, 0.3) is 0 Å². The van der Waals surface area contributed by atoms with Crippen molar-refractivity contribution in [2.45, 2.75) is 58.4 Å². The van der Waals surface area contributed by atoms with Gasteiger partial charge in [-0.05, 0) is 44.4 Å². The third-order valence-electron chi connectivity index (χ3n) is 4.13. The van der Waals surface area contributed by atoms with E-state index in [1.165, 1.54) is 5.57 Å². The number of allylic oxidation sites excluding steroid dienone is 1. The summed E-state index contributed by atoms with van der Waals surface area (Å²) in [6.45, 7) is 6.88. The van der Waals surface area contributed by atoms with E-state index in [4.69, 9.17) is 9.84 Å². The molecule has 4 nitrogen and oxygen atoms in total. The van der Waals surface area contributed by atoms with Crippen LogP contribution in [0, 0.1) is 5.41 Å². The smallest absolute Gasteiger partial charge is 0.244 e. The molecule has 116 valence electrons. The van der Waals surface area contributed by atoms with Gasteiger partial charge in [-0.2, -0.15) is 0 Å². The zero-order valence-electron chi connectivity index (χ0n) is 13.3. The fourth-order valence-electron chi connectivity index (χ4n) is 2.65. The molecule has 0 aromatic heterocycles. The van der Waals surface area contributed by atoms with Crippen molar-refractivity contribution in [3.8, 4) is 0 Å². The van der Waals surface area contributed by atoms with E-state index in [0.717, 1.165) is 25.7 Å². The van der Waals surface area contributed by atoms with Crippen LogP contribution in [0.25, 0.3) is 0 Å². The highest BCUT2D eigenvalue weighted by Gasteiger charge is 2.27. The summed E-state index contributed by atoms with van der Waals surface area (Å²) < 4.78 is 5.13. The molecule has 1 unspecified atom stereocenters. The van der Waals surface area contributed by atoms with Gasteiger partial charge in [0.2, 0.25) is 5.91 Å². The van der Waals surface area contributed by atoms with Crippen LogP contribution in [0.1, 0.15) is 52.9 Å². The summed E-state index contributed by atoms with van der Waals surface area (Å²) in [5.74, 6) is -0.0762. The SMILES string of the molecule is COCC(C)(CCO)NC(=O)C=C1CCC(C)(C)CC1. The zero-order valence-corrected chi connectivity index (χ0v) is 13.3. The second-order valence-electron chi connectivity index (χ2n) is 6.92. The highest BCUT2D eigenvalue weighted by Crippen LogP contribution is 2.37. The van der Waals surface area contributed by atoms with E-state index < -0.39 is 5.54 Å². The van der Waals surface area contributed by atoms with Crippen molar-refractivity contribution < 1.29 is 14.6 Å². The fourth-order valence-corrected chi connectivity index (χ4v) is 2.65. The maximum absolute atomic E-state index is 12.1. The van der Waals surface area contributed by atoms with Crippen LogP contribution in [0.5, 0.6) is 0 Å². The first-order valence-electron chi connectivity index (χ1n) is 7.42. The quantitative estimate of drug-likeness (QED) is 0.736. The molecule has 1 rings (SSSR count). The van der Waals surface area contributed by atoms with Crippen molar-refractivity contribution in [2.24, 2.45) is 5.41 Å². The van der Waals surface area contributed by atoms with E-state index in [1.54, 1.807) is 13.2 Å². The number of aliphatic hydroxyl groups excluding tert-OH is 1. The summed E-state index contributed by atoms with van der Waals surface area (Å²) in [7, 11) is 1.60. The number of aliphatic hydroxyl groups is 1. The van der Waals surface area contributed by atoms with Gasteiger partial charge in [-0.1, -0.05) is 19.4 Å². The predicted octanol–water partition coefficient (Wildman–Crippen LogP) is 2.42. The van der Waals surface area contributed by atoms with Crippen molar-refractivity contribution in [2.75, 3.05) is 20.3 Å². The molecule has 0 aromatic rings. The summed E-state index contributed by atoms with van der Waals surface area (Å²) in [4.78, 5) is 12.1. The van der Waals surface area contributed by atoms with E-state index >= 15 is 0 Å². The van der Waals surface area contributed by atoms with Gasteiger partial charge in [0.05, 0.1) is 12.1 Å². The third kappa shape index (κ3) is 5.63. The minimum atomic E-state index is -0.508. The molecule has 0 radical (unpaired) electrons. The Morgan fingerprint density at radius 2 is 2.05 bits per heavy atom. The molecule has 4 heteroatoms. The Kier molecular flexibility index (Phi) is 6.21. The molecular weight excluding hydrogens is 254 g/mol. The van der Waals surface area contributed by atoms with Crippen LogP contribution in [0.3, 0.4) is 0 Å². The molecule has 1 amide bonds. The van der Waals surface area contributed by atoms with E-state index in [1.807, 2.05) is 6.92 Å². The first-order chi connectivity index (χ1) is 9.30. The van der Waals surface area contributed by atoms with Gasteiger partial charge >= 0.3 is 0 Å². The Labute approximate surface area is 122 Å². The lowest BCUT2D eigenvalue weighted by molar-refractivity contribution is -0.119. The number of rotatable bonds is 6. The number of carbonyl (C=O) groups excluding carboxylic acids is 1. The second-order valence-corrected chi connectivity index (χ2v) is 6.92. The number of hydrogen-bond donors (Lipinski definition) is 2. The number of methoxy groups -OCH3 is 1. The van der Waals surface area contributed by atoms with Crippen molar-refractivity contribution in [1.29, 1.82) is 0 Å². The highest BCUT2D eigenvalue weighted by molar-refractivity contribution is 5.88. The molecule has 2 N–H and O–H groups in total. The first-order valence-corrected chi connectivity index (χ1v) is 7.42. The first kappa shape index (κ1) is 17.2. The van der Waals surface area contributed by atoms with E-state index in [9.17, 15) is 4.79 Å². The van der Waals surface area contributed by atoms with Crippen molar-refractivity contribution in [3.05, 3.63) is 11.6 Å². The molecule has 0 aromatic carbocycles. The Morgan fingerprint density at radius 3 is 2.55 bits per heavy atom. The topological polar surface area (TPSA) is 58.6 Å². The molecule has 1 saturated carbocycles. The van der Waals surface area contributed by atoms with Gasteiger partial charge in [-0.3, -0.25) is 4.79 Å². The van der Waals surface area contributed by atoms with Crippen LogP contribution < -0.4 is 5.32 Å². The van der Waals surface area contributed by atoms with Gasteiger partial charge in [0.15, 0.2) is 0 Å². The Morgan fingerprint density at radius 1 is 1.45 bits per heavy atom. The van der Waals surface area contributed by atoms with Gasteiger partial charge < -0.3 is 15.2 Å². The predicted molar refractivity (Wildman–Crippen MR) is 80.5 cm³/mol. The minimum absolute atomic E-state index is 0.0326. The summed E-state index contributed by atoms with van der Waals surface area (Å²) in [6, 6.07) is 0. The minimum Gasteiger partial charge on any atom is -0.396 e. The lowest BCUT2D eigenvalue weighted by Crippen LogP contribution is -2.49. The average molecular weight is 283 g/mol. The second kappa shape index (κ2) is 7.23. The van der Waals surface area contributed by atoms with Crippen LogP contribution in [0.2, 0.25) is 0 Å². The molecular formula is C16H29NO3. The van der Waals surface area contributed by atoms with Crippen molar-refractivity contribution in [1.82, 2.24) is 5.32 Å². The van der Waals surface area contributed by atoms with E-state index in [0.29, 0.717) is 18.4 Å². The number of carbonyl (C=O) groups is 1. The molecule has 0 spiro atoms. The lowest BCUT2D eigenvalue weighted by atomic mass is 9.75. The summed E-state index contributed by atoms with van der Waals surface area (Å²) in [5.41, 5.74) is 1.12. The molecule has 1 fully saturated rings. The third-order valence-corrected chi connectivity index (χ3v) is 4.13. The van der Waals surface area contributed by atoms with Crippen LogP contribution >= 0.6 is 0 Å². The summed E-state index contributed by atoms with van der Waals surface area (Å²) in [5, 5.41) is 12.1. The average Bonchev–Trinajstić information content (AvgIpc) is 2.32. The normalized spacial score (nSPS) is 21.1. The molecule has 1 aliphatic rings. The molecule has 1 atom stereocenters. The number of ether oxygens (including phenoxy) is 1. The van der Waals surface area contributed by atoms with Crippen LogP contribution in [-0.2, 0) is 9.53 Å². The molecule has 0 aliphatic heterocycles. The van der Waals surface area contributed by atoms with Gasteiger partial charge in [0, 0.05) is 19.8 Å². The Hall–Kier alpha value is -0.870. The van der Waals surface area contributed by atoms with Gasteiger partial charge in [-0.15, -0.1) is 0 Å². The number of amides is 1. The van der Waals surface area contributed by atoms with E-state index in [-0.39, 0.29) is 12.5 Å². The number of hydrogen-bond acceptors (Lipinski definition) is 3. The van der Waals surface area contributed by atoms with Crippen LogP contribution in [0.4, 0.5) is 0 Å². The van der Waals surface area contributed by atoms with Gasteiger partial charge in [0.1, 0.15) is 0 Å². The Balaban J connectivity index is 2.57. The van der Waals surface area contributed by atoms with Crippen LogP contribution in [-0.4, -0.2) is 36.9 Å². The number of nitrogens with one attached hydrogen (secondary N) is 1. The Bertz CT molecular complexity index is 343. The maximum atomic E-state index is 12.1.